The van der Waals surface area contributed by atoms with E-state index in [4.69, 9.17) is 10.2 Å². The molecule has 1 aromatic rings. The minimum atomic E-state index is -0.812. The van der Waals surface area contributed by atoms with Crippen molar-refractivity contribution in [2.75, 3.05) is 18.5 Å². The quantitative estimate of drug-likeness (QED) is 0.785. The summed E-state index contributed by atoms with van der Waals surface area (Å²) in [4.78, 5) is 0. The minimum Gasteiger partial charge on any atom is -0.394 e. The Morgan fingerprint density at radius 3 is 2.80 bits per heavy atom. The second kappa shape index (κ2) is 5.44. The maximum atomic E-state index is 13.1. The molecule has 0 spiro atoms. The zero-order valence-electron chi connectivity index (χ0n) is 8.30. The van der Waals surface area contributed by atoms with Crippen LogP contribution in [0.25, 0.3) is 0 Å². The molecule has 0 amide bonds. The first kappa shape index (κ1) is 12.4. The van der Waals surface area contributed by atoms with Gasteiger partial charge in [0.2, 0.25) is 0 Å². The van der Waals surface area contributed by atoms with E-state index < -0.39 is 6.10 Å². The van der Waals surface area contributed by atoms with Crippen LogP contribution in [0.15, 0.2) is 16.6 Å². The van der Waals surface area contributed by atoms with Gasteiger partial charge in [0.15, 0.2) is 0 Å². The molecule has 0 unspecified atom stereocenters. The van der Waals surface area contributed by atoms with E-state index in [1.54, 1.807) is 13.0 Å². The standard InChI is InChI=1S/C10H13BrFNO2/c1-6-2-9(12)8(11)3-10(6)13-4-7(15)5-14/h2-3,7,13-15H,4-5H2,1H3/t7-/m0/s1. The van der Waals surface area contributed by atoms with Gasteiger partial charge in [-0.1, -0.05) is 0 Å². The first-order valence-electron chi connectivity index (χ1n) is 4.53. The van der Waals surface area contributed by atoms with Crippen molar-refractivity contribution in [3.8, 4) is 0 Å². The maximum Gasteiger partial charge on any atom is 0.137 e. The lowest BCUT2D eigenvalue weighted by Crippen LogP contribution is -2.23. The molecule has 0 bridgehead atoms. The number of aryl methyl sites for hydroxylation is 1. The summed E-state index contributed by atoms with van der Waals surface area (Å²) in [7, 11) is 0. The van der Waals surface area contributed by atoms with Crippen molar-refractivity contribution >= 4 is 21.6 Å². The molecule has 1 rings (SSSR count). The third-order valence-corrected chi connectivity index (χ3v) is 2.61. The number of halogens is 2. The van der Waals surface area contributed by atoms with Gasteiger partial charge in [0.05, 0.1) is 17.2 Å². The van der Waals surface area contributed by atoms with Crippen molar-refractivity contribution in [1.29, 1.82) is 0 Å². The molecule has 3 N–H and O–H groups in total. The fourth-order valence-corrected chi connectivity index (χ4v) is 1.47. The molecule has 0 saturated carbocycles. The monoisotopic (exact) mass is 277 g/mol. The van der Waals surface area contributed by atoms with E-state index in [1.807, 2.05) is 0 Å². The van der Waals surface area contributed by atoms with Crippen LogP contribution in [0.1, 0.15) is 5.56 Å². The molecule has 3 nitrogen and oxygen atoms in total. The molecule has 84 valence electrons. The second-order valence-electron chi connectivity index (χ2n) is 3.30. The van der Waals surface area contributed by atoms with Crippen molar-refractivity contribution in [3.63, 3.8) is 0 Å². The fraction of sp³-hybridized carbons (Fsp3) is 0.400. The molecule has 0 saturated heterocycles. The normalized spacial score (nSPS) is 12.6. The zero-order valence-corrected chi connectivity index (χ0v) is 9.88. The van der Waals surface area contributed by atoms with Gasteiger partial charge in [-0.3, -0.25) is 0 Å². The highest BCUT2D eigenvalue weighted by Crippen LogP contribution is 2.24. The van der Waals surface area contributed by atoms with Crippen LogP contribution in [0.2, 0.25) is 0 Å². The second-order valence-corrected chi connectivity index (χ2v) is 4.15. The Kier molecular flexibility index (Phi) is 4.50. The summed E-state index contributed by atoms with van der Waals surface area (Å²) < 4.78 is 13.4. The van der Waals surface area contributed by atoms with Gasteiger partial charge in [0.25, 0.3) is 0 Å². The van der Waals surface area contributed by atoms with Gasteiger partial charge in [-0.25, -0.2) is 4.39 Å². The van der Waals surface area contributed by atoms with E-state index in [1.165, 1.54) is 6.07 Å². The third-order valence-electron chi connectivity index (χ3n) is 2.01. The molecular weight excluding hydrogens is 265 g/mol. The number of aliphatic hydroxyl groups is 2. The maximum absolute atomic E-state index is 13.1. The van der Waals surface area contributed by atoms with Crippen molar-refractivity contribution < 1.29 is 14.6 Å². The zero-order chi connectivity index (χ0) is 11.4. The van der Waals surface area contributed by atoms with Gasteiger partial charge in [-0.15, -0.1) is 0 Å². The first-order valence-corrected chi connectivity index (χ1v) is 5.32. The summed E-state index contributed by atoms with van der Waals surface area (Å²) in [5.74, 6) is -0.319. The van der Waals surface area contributed by atoms with Crippen LogP contribution in [0.3, 0.4) is 0 Å². The largest absolute Gasteiger partial charge is 0.394 e. The lowest BCUT2D eigenvalue weighted by Gasteiger charge is -2.13. The van der Waals surface area contributed by atoms with Gasteiger partial charge < -0.3 is 15.5 Å². The lowest BCUT2D eigenvalue weighted by molar-refractivity contribution is 0.105. The van der Waals surface area contributed by atoms with Gasteiger partial charge in [-0.05, 0) is 40.5 Å². The molecule has 0 aliphatic carbocycles. The summed E-state index contributed by atoms with van der Waals surface area (Å²) in [5.41, 5.74) is 1.48. The number of hydrogen-bond donors (Lipinski definition) is 3. The van der Waals surface area contributed by atoms with E-state index in [0.29, 0.717) is 4.47 Å². The molecule has 1 aromatic carbocycles. The highest BCUT2D eigenvalue weighted by atomic mass is 79.9. The summed E-state index contributed by atoms with van der Waals surface area (Å²) in [5, 5.41) is 20.7. The summed E-state index contributed by atoms with van der Waals surface area (Å²) in [6.07, 6.45) is -0.812. The molecule has 0 fully saturated rings. The Hall–Kier alpha value is -0.650. The minimum absolute atomic E-state index is 0.232. The fourth-order valence-electron chi connectivity index (χ4n) is 1.13. The van der Waals surface area contributed by atoms with Crippen molar-refractivity contribution in [2.24, 2.45) is 0 Å². The van der Waals surface area contributed by atoms with Crippen LogP contribution in [0.5, 0.6) is 0 Å². The number of nitrogens with one attached hydrogen (secondary N) is 1. The Labute approximate surface area is 96.1 Å². The van der Waals surface area contributed by atoms with Gasteiger partial charge in [-0.2, -0.15) is 0 Å². The Bertz CT molecular complexity index is 346. The van der Waals surface area contributed by atoms with Gasteiger partial charge in [0, 0.05) is 12.2 Å². The van der Waals surface area contributed by atoms with Crippen LogP contribution in [-0.2, 0) is 0 Å². The number of benzene rings is 1. The smallest absolute Gasteiger partial charge is 0.137 e. The van der Waals surface area contributed by atoms with E-state index in [9.17, 15) is 4.39 Å². The molecule has 0 heterocycles. The number of aliphatic hydroxyl groups excluding tert-OH is 2. The predicted octanol–water partition coefficient (Wildman–Crippen LogP) is 1.66. The molecule has 0 aromatic heterocycles. The van der Waals surface area contributed by atoms with Gasteiger partial charge >= 0.3 is 0 Å². The van der Waals surface area contributed by atoms with Crippen LogP contribution >= 0.6 is 15.9 Å². The van der Waals surface area contributed by atoms with Crippen molar-refractivity contribution in [2.45, 2.75) is 13.0 Å². The average molecular weight is 278 g/mol. The van der Waals surface area contributed by atoms with Gasteiger partial charge in [0.1, 0.15) is 5.82 Å². The average Bonchev–Trinajstić information content (AvgIpc) is 2.21. The van der Waals surface area contributed by atoms with E-state index in [2.05, 4.69) is 21.2 Å². The van der Waals surface area contributed by atoms with Crippen LogP contribution in [-0.4, -0.2) is 29.5 Å². The Morgan fingerprint density at radius 2 is 2.20 bits per heavy atom. The number of rotatable bonds is 4. The van der Waals surface area contributed by atoms with E-state index in [0.717, 1.165) is 11.3 Å². The third kappa shape index (κ3) is 3.44. The number of hydrogen-bond acceptors (Lipinski definition) is 3. The van der Waals surface area contributed by atoms with Crippen LogP contribution in [0.4, 0.5) is 10.1 Å². The highest BCUT2D eigenvalue weighted by molar-refractivity contribution is 9.10. The van der Waals surface area contributed by atoms with Crippen molar-refractivity contribution in [1.82, 2.24) is 0 Å². The highest BCUT2D eigenvalue weighted by Gasteiger charge is 2.06. The molecule has 1 atom stereocenters. The molecule has 0 aliphatic rings. The van der Waals surface area contributed by atoms with Crippen LogP contribution < -0.4 is 5.32 Å². The first-order chi connectivity index (χ1) is 7.04. The molecule has 5 heteroatoms. The Balaban J connectivity index is 2.73. The molecule has 0 aliphatic heterocycles. The topological polar surface area (TPSA) is 52.5 Å². The number of anilines is 1. The summed E-state index contributed by atoms with van der Waals surface area (Å²) in [6, 6.07) is 3.01. The summed E-state index contributed by atoms with van der Waals surface area (Å²) >= 11 is 3.08. The van der Waals surface area contributed by atoms with E-state index in [-0.39, 0.29) is 19.0 Å². The lowest BCUT2D eigenvalue weighted by atomic mass is 10.2. The Morgan fingerprint density at radius 1 is 1.53 bits per heavy atom. The van der Waals surface area contributed by atoms with E-state index >= 15 is 0 Å². The SMILES string of the molecule is Cc1cc(F)c(Br)cc1NC[C@H](O)CO. The predicted molar refractivity (Wildman–Crippen MR) is 60.4 cm³/mol. The van der Waals surface area contributed by atoms with Crippen molar-refractivity contribution in [3.05, 3.63) is 28.0 Å². The molecular formula is C10H13BrFNO2. The molecule has 15 heavy (non-hydrogen) atoms. The summed E-state index contributed by atoms with van der Waals surface area (Å²) in [6.45, 7) is 1.70. The van der Waals surface area contributed by atoms with Crippen LogP contribution in [0, 0.1) is 12.7 Å². The molecule has 0 radical (unpaired) electrons.